The zero-order chi connectivity index (χ0) is 16.2. The van der Waals surface area contributed by atoms with Crippen molar-refractivity contribution in [2.75, 3.05) is 10.6 Å². The molecular formula is C16H14ClN5O. The molecule has 2 heterocycles. The molecule has 0 spiro atoms. The topological polar surface area (TPSA) is 71.8 Å². The van der Waals surface area contributed by atoms with Gasteiger partial charge in [-0.3, -0.25) is 4.57 Å². The molecule has 23 heavy (non-hydrogen) atoms. The number of rotatable bonds is 3. The lowest BCUT2D eigenvalue weighted by atomic mass is 10.3. The van der Waals surface area contributed by atoms with Crippen molar-refractivity contribution < 1.29 is 4.79 Å². The van der Waals surface area contributed by atoms with Crippen LogP contribution in [0.2, 0.25) is 5.02 Å². The molecule has 2 aromatic heterocycles. The highest BCUT2D eigenvalue weighted by Crippen LogP contribution is 2.15. The van der Waals surface area contributed by atoms with Gasteiger partial charge in [0, 0.05) is 23.1 Å². The zero-order valence-electron chi connectivity index (χ0n) is 12.3. The van der Waals surface area contributed by atoms with Crippen LogP contribution in [0, 0.1) is 6.92 Å². The molecule has 2 N–H and O–H groups in total. The molecule has 0 aliphatic rings. The molecule has 3 rings (SSSR count). The van der Waals surface area contributed by atoms with Crippen molar-refractivity contribution in [2.45, 2.75) is 6.92 Å². The van der Waals surface area contributed by atoms with Crippen molar-refractivity contribution in [1.82, 2.24) is 14.5 Å². The lowest BCUT2D eigenvalue weighted by molar-refractivity contribution is 0.262. The molecule has 0 fully saturated rings. The van der Waals surface area contributed by atoms with E-state index in [-0.39, 0.29) is 6.03 Å². The number of halogens is 1. The molecule has 2 amide bonds. The van der Waals surface area contributed by atoms with Crippen LogP contribution < -0.4 is 10.6 Å². The van der Waals surface area contributed by atoms with E-state index in [4.69, 9.17) is 11.6 Å². The third kappa shape index (κ3) is 3.67. The lowest BCUT2D eigenvalue weighted by Crippen LogP contribution is -2.19. The van der Waals surface area contributed by atoms with E-state index < -0.39 is 0 Å². The highest BCUT2D eigenvalue weighted by atomic mass is 35.5. The highest BCUT2D eigenvalue weighted by molar-refractivity contribution is 6.30. The fourth-order valence-corrected chi connectivity index (χ4v) is 2.18. The number of urea groups is 1. The van der Waals surface area contributed by atoms with E-state index in [0.717, 1.165) is 11.6 Å². The van der Waals surface area contributed by atoms with Gasteiger partial charge < -0.3 is 10.6 Å². The van der Waals surface area contributed by atoms with Gasteiger partial charge in [0.15, 0.2) is 0 Å². The quantitative estimate of drug-likeness (QED) is 0.767. The molecule has 0 aliphatic heterocycles. The number of aromatic nitrogens is 3. The summed E-state index contributed by atoms with van der Waals surface area (Å²) in [5, 5.41) is 6.06. The number of hydrogen-bond donors (Lipinski definition) is 2. The van der Waals surface area contributed by atoms with Crippen molar-refractivity contribution in [2.24, 2.45) is 0 Å². The molecule has 116 valence electrons. The van der Waals surface area contributed by atoms with Gasteiger partial charge in [0.1, 0.15) is 11.6 Å². The maximum Gasteiger partial charge on any atom is 0.323 e. The van der Waals surface area contributed by atoms with Crippen LogP contribution in [-0.2, 0) is 0 Å². The van der Waals surface area contributed by atoms with Crippen molar-refractivity contribution in [3.05, 3.63) is 65.8 Å². The summed E-state index contributed by atoms with van der Waals surface area (Å²) < 4.78 is 1.86. The minimum Gasteiger partial charge on any atom is -0.308 e. The van der Waals surface area contributed by atoms with Gasteiger partial charge in [0.25, 0.3) is 0 Å². The van der Waals surface area contributed by atoms with E-state index in [9.17, 15) is 4.79 Å². The molecule has 0 radical (unpaired) electrons. The first-order valence-electron chi connectivity index (χ1n) is 6.92. The number of pyridine rings is 1. The number of nitrogens with one attached hydrogen (secondary N) is 2. The van der Waals surface area contributed by atoms with E-state index in [1.165, 1.54) is 0 Å². The van der Waals surface area contributed by atoms with E-state index in [2.05, 4.69) is 20.6 Å². The summed E-state index contributed by atoms with van der Waals surface area (Å²) >= 11 is 5.80. The highest BCUT2D eigenvalue weighted by Gasteiger charge is 2.05. The Balaban J connectivity index is 1.65. The second-order valence-electron chi connectivity index (χ2n) is 4.84. The molecule has 6 nitrogen and oxygen atoms in total. The lowest BCUT2D eigenvalue weighted by Gasteiger charge is -2.09. The first-order chi connectivity index (χ1) is 11.1. The van der Waals surface area contributed by atoms with Crippen LogP contribution in [0.25, 0.3) is 5.82 Å². The zero-order valence-corrected chi connectivity index (χ0v) is 13.1. The summed E-state index contributed by atoms with van der Waals surface area (Å²) in [5.74, 6) is 1.59. The maximum absolute atomic E-state index is 11.9. The monoisotopic (exact) mass is 327 g/mol. The van der Waals surface area contributed by atoms with Gasteiger partial charge in [-0.15, -0.1) is 0 Å². The van der Waals surface area contributed by atoms with E-state index in [0.29, 0.717) is 16.4 Å². The Bertz CT molecular complexity index is 811. The third-order valence-electron chi connectivity index (χ3n) is 3.18. The summed E-state index contributed by atoms with van der Waals surface area (Å²) in [6.07, 6.45) is 5.14. The van der Waals surface area contributed by atoms with E-state index >= 15 is 0 Å². The molecule has 0 bridgehead atoms. The SMILES string of the molecule is Cc1nccn1-c1ccc(NC(=O)Nc2ccc(Cl)cc2)cn1. The summed E-state index contributed by atoms with van der Waals surface area (Å²) in [4.78, 5) is 20.4. The minimum atomic E-state index is -0.347. The third-order valence-corrected chi connectivity index (χ3v) is 3.43. The van der Waals surface area contributed by atoms with Gasteiger partial charge in [-0.25, -0.2) is 14.8 Å². The molecule has 1 aromatic carbocycles. The fourth-order valence-electron chi connectivity index (χ4n) is 2.05. The van der Waals surface area contributed by atoms with Gasteiger partial charge in [-0.05, 0) is 43.3 Å². The summed E-state index contributed by atoms with van der Waals surface area (Å²) in [5.41, 5.74) is 1.25. The van der Waals surface area contributed by atoms with Crippen molar-refractivity contribution in [3.8, 4) is 5.82 Å². The van der Waals surface area contributed by atoms with Crippen LogP contribution in [0.4, 0.5) is 16.2 Å². The first-order valence-corrected chi connectivity index (χ1v) is 7.29. The van der Waals surface area contributed by atoms with Gasteiger partial charge in [0.2, 0.25) is 0 Å². The molecule has 0 unspecified atom stereocenters. The number of imidazole rings is 1. The van der Waals surface area contributed by atoms with Gasteiger partial charge in [-0.1, -0.05) is 11.6 Å². The van der Waals surface area contributed by atoms with Gasteiger partial charge in [0.05, 0.1) is 11.9 Å². The number of anilines is 2. The van der Waals surface area contributed by atoms with Crippen molar-refractivity contribution in [1.29, 1.82) is 0 Å². The second-order valence-corrected chi connectivity index (χ2v) is 5.27. The normalized spacial score (nSPS) is 10.3. The molecule has 7 heteroatoms. The van der Waals surface area contributed by atoms with Gasteiger partial charge >= 0.3 is 6.03 Å². The maximum atomic E-state index is 11.9. The Morgan fingerprint density at radius 3 is 2.35 bits per heavy atom. The molecular weight excluding hydrogens is 314 g/mol. The molecule has 0 saturated heterocycles. The van der Waals surface area contributed by atoms with Crippen LogP contribution in [0.5, 0.6) is 0 Å². The van der Waals surface area contributed by atoms with Crippen LogP contribution in [0.1, 0.15) is 5.82 Å². The Morgan fingerprint density at radius 2 is 1.74 bits per heavy atom. The molecule has 3 aromatic rings. The first kappa shape index (κ1) is 15.1. The Labute approximate surface area is 138 Å². The number of aryl methyl sites for hydroxylation is 1. The number of amides is 2. The minimum absolute atomic E-state index is 0.347. The largest absolute Gasteiger partial charge is 0.323 e. The number of carbonyl (C=O) groups excluding carboxylic acids is 1. The smallest absolute Gasteiger partial charge is 0.308 e. The summed E-state index contributed by atoms with van der Waals surface area (Å²) in [7, 11) is 0. The van der Waals surface area contributed by atoms with E-state index in [1.807, 2.05) is 23.8 Å². The van der Waals surface area contributed by atoms with Crippen molar-refractivity contribution >= 4 is 29.0 Å². The van der Waals surface area contributed by atoms with Crippen LogP contribution in [-0.4, -0.2) is 20.6 Å². The molecule has 0 atom stereocenters. The average Bonchev–Trinajstić information content (AvgIpc) is 2.96. The second kappa shape index (κ2) is 6.50. The Morgan fingerprint density at radius 1 is 1.04 bits per heavy atom. The van der Waals surface area contributed by atoms with Gasteiger partial charge in [-0.2, -0.15) is 0 Å². The van der Waals surface area contributed by atoms with Crippen LogP contribution in [0.15, 0.2) is 55.0 Å². The summed E-state index contributed by atoms with van der Waals surface area (Å²) in [6, 6.07) is 10.1. The standard InChI is InChI=1S/C16H14ClN5O/c1-11-18-8-9-22(11)15-7-6-14(10-19-15)21-16(23)20-13-4-2-12(17)3-5-13/h2-10H,1H3,(H2,20,21,23). The fraction of sp³-hybridized carbons (Fsp3) is 0.0625. The average molecular weight is 328 g/mol. The predicted octanol–water partition coefficient (Wildman–Crippen LogP) is 3.87. The molecule has 0 saturated carbocycles. The number of benzene rings is 1. The van der Waals surface area contributed by atoms with E-state index in [1.54, 1.807) is 42.7 Å². The molecule has 0 aliphatic carbocycles. The van der Waals surface area contributed by atoms with Crippen molar-refractivity contribution in [3.63, 3.8) is 0 Å². The number of hydrogen-bond acceptors (Lipinski definition) is 3. The van der Waals surface area contributed by atoms with Crippen LogP contribution >= 0.6 is 11.6 Å². The predicted molar refractivity (Wildman–Crippen MR) is 90.2 cm³/mol. The summed E-state index contributed by atoms with van der Waals surface area (Å²) in [6.45, 7) is 1.90. The Hall–Kier alpha value is -2.86. The Kier molecular flexibility index (Phi) is 4.25. The number of nitrogens with zero attached hydrogens (tertiary/aromatic N) is 3. The van der Waals surface area contributed by atoms with Crippen LogP contribution in [0.3, 0.4) is 0 Å². The number of carbonyl (C=O) groups is 1.